The van der Waals surface area contributed by atoms with Crippen molar-refractivity contribution < 1.29 is 13.2 Å². The van der Waals surface area contributed by atoms with E-state index in [4.69, 9.17) is 5.73 Å². The van der Waals surface area contributed by atoms with Gasteiger partial charge in [-0.05, 0) is 37.9 Å². The monoisotopic (exact) mass is 351 g/mol. The zero-order valence-corrected chi connectivity index (χ0v) is 10.7. The molecule has 1 rings (SSSR count). The molecule has 0 bridgehead atoms. The van der Waals surface area contributed by atoms with Gasteiger partial charge in [-0.15, -0.1) is 11.3 Å². The molecular weight excluding hydrogens is 347 g/mol. The highest BCUT2D eigenvalue weighted by Gasteiger charge is 2.31. The van der Waals surface area contributed by atoms with E-state index in [1.807, 2.05) is 0 Å². The van der Waals surface area contributed by atoms with Gasteiger partial charge in [0.1, 0.15) is 0 Å². The Morgan fingerprint density at radius 1 is 1.43 bits per heavy atom. The number of alkyl halides is 3. The molecule has 1 heterocycles. The van der Waals surface area contributed by atoms with Crippen molar-refractivity contribution >= 4 is 43.2 Å². The Balaban J connectivity index is 2.75. The van der Waals surface area contributed by atoms with E-state index in [0.29, 0.717) is 4.88 Å². The lowest BCUT2D eigenvalue weighted by atomic mass is 10.2. The zero-order chi connectivity index (χ0) is 10.9. The Bertz CT molecular complexity index is 304. The van der Waals surface area contributed by atoms with E-state index in [2.05, 4.69) is 31.9 Å². The van der Waals surface area contributed by atoms with Gasteiger partial charge in [-0.3, -0.25) is 0 Å². The van der Waals surface area contributed by atoms with Gasteiger partial charge in [-0.2, -0.15) is 13.2 Å². The second-order valence-electron chi connectivity index (χ2n) is 2.70. The summed E-state index contributed by atoms with van der Waals surface area (Å²) in [5.74, 6) is 0. The fourth-order valence-electron chi connectivity index (χ4n) is 0.896. The Labute approximate surface area is 99.7 Å². The fourth-order valence-corrected chi connectivity index (χ4v) is 2.99. The Morgan fingerprint density at radius 2 is 2.00 bits per heavy atom. The topological polar surface area (TPSA) is 26.0 Å². The average Bonchev–Trinajstić information content (AvgIpc) is 2.28. The normalized spacial score (nSPS) is 14.4. The minimum absolute atomic E-state index is 0.515. The van der Waals surface area contributed by atoms with E-state index in [1.54, 1.807) is 6.07 Å². The largest absolute Gasteiger partial charge is 0.390 e. The summed E-state index contributed by atoms with van der Waals surface area (Å²) < 4.78 is 37.5. The summed E-state index contributed by atoms with van der Waals surface area (Å²) in [7, 11) is 0. The third-order valence-corrected chi connectivity index (χ3v) is 4.87. The summed E-state index contributed by atoms with van der Waals surface area (Å²) >= 11 is 7.60. The van der Waals surface area contributed by atoms with Crippen LogP contribution in [0.25, 0.3) is 0 Å². The first-order valence-corrected chi connectivity index (χ1v) is 5.97. The molecule has 0 radical (unpaired) electrons. The molecule has 0 amide bonds. The van der Waals surface area contributed by atoms with Crippen molar-refractivity contribution in [3.05, 3.63) is 19.2 Å². The first kappa shape index (κ1) is 12.5. The summed E-state index contributed by atoms with van der Waals surface area (Å²) in [6, 6.07) is 0.619. The molecule has 1 aromatic rings. The lowest BCUT2D eigenvalue weighted by molar-refractivity contribution is -0.138. The van der Waals surface area contributed by atoms with Gasteiger partial charge in [0.25, 0.3) is 0 Å². The summed E-state index contributed by atoms with van der Waals surface area (Å²) in [6.07, 6.45) is -5.21. The zero-order valence-electron chi connectivity index (χ0n) is 6.74. The molecular formula is C7H6Br2F3NS. The maximum atomic E-state index is 12.0. The first-order valence-electron chi connectivity index (χ1n) is 3.56. The molecule has 0 saturated heterocycles. The number of nitrogens with two attached hydrogens (primary N) is 1. The van der Waals surface area contributed by atoms with Crippen LogP contribution < -0.4 is 5.73 Å². The number of rotatable bonds is 2. The van der Waals surface area contributed by atoms with Crippen LogP contribution >= 0.6 is 43.2 Å². The van der Waals surface area contributed by atoms with Crippen LogP contribution in [-0.2, 0) is 0 Å². The highest BCUT2D eigenvalue weighted by molar-refractivity contribution is 9.13. The minimum Gasteiger partial charge on any atom is -0.323 e. The van der Waals surface area contributed by atoms with Crippen LogP contribution in [0.4, 0.5) is 13.2 Å². The lowest BCUT2D eigenvalue weighted by Crippen LogP contribution is -2.19. The van der Waals surface area contributed by atoms with E-state index in [9.17, 15) is 13.2 Å². The summed E-state index contributed by atoms with van der Waals surface area (Å²) in [5, 5.41) is 0. The van der Waals surface area contributed by atoms with E-state index >= 15 is 0 Å². The van der Waals surface area contributed by atoms with Crippen molar-refractivity contribution in [3.63, 3.8) is 0 Å². The molecule has 0 saturated carbocycles. The quantitative estimate of drug-likeness (QED) is 0.847. The van der Waals surface area contributed by atoms with Crippen LogP contribution in [0.1, 0.15) is 17.3 Å². The Hall–Kier alpha value is 0.410. The highest BCUT2D eigenvalue weighted by atomic mass is 79.9. The molecule has 14 heavy (non-hydrogen) atoms. The van der Waals surface area contributed by atoms with Crippen molar-refractivity contribution in [1.29, 1.82) is 0 Å². The number of hydrogen-bond donors (Lipinski definition) is 1. The molecule has 0 unspecified atom stereocenters. The number of thiophene rings is 1. The number of hydrogen-bond acceptors (Lipinski definition) is 2. The molecule has 0 fully saturated rings. The standard InChI is InChI=1S/C7H6Br2F3NS/c8-3-1-5(14-6(3)9)4(13)2-7(10,11)12/h1,4H,2,13H2/t4-/m1/s1. The predicted molar refractivity (Wildman–Crippen MR) is 57.3 cm³/mol. The first-order chi connectivity index (χ1) is 6.29. The third kappa shape index (κ3) is 3.52. The van der Waals surface area contributed by atoms with Crippen molar-refractivity contribution in [2.75, 3.05) is 0 Å². The van der Waals surface area contributed by atoms with Gasteiger partial charge in [0.2, 0.25) is 0 Å². The van der Waals surface area contributed by atoms with Gasteiger partial charge < -0.3 is 5.73 Å². The Morgan fingerprint density at radius 3 is 2.36 bits per heavy atom. The van der Waals surface area contributed by atoms with E-state index in [0.717, 1.165) is 8.26 Å². The third-order valence-electron chi connectivity index (χ3n) is 1.48. The van der Waals surface area contributed by atoms with Crippen LogP contribution in [0.15, 0.2) is 14.3 Å². The SMILES string of the molecule is N[C@H](CC(F)(F)F)c1cc(Br)c(Br)s1. The van der Waals surface area contributed by atoms with Gasteiger partial charge in [0.05, 0.1) is 10.2 Å². The van der Waals surface area contributed by atoms with Gasteiger partial charge in [-0.25, -0.2) is 0 Å². The van der Waals surface area contributed by atoms with E-state index in [1.165, 1.54) is 11.3 Å². The van der Waals surface area contributed by atoms with Crippen molar-refractivity contribution in [2.45, 2.75) is 18.6 Å². The van der Waals surface area contributed by atoms with Crippen molar-refractivity contribution in [3.8, 4) is 0 Å². The summed E-state index contributed by atoms with van der Waals surface area (Å²) in [4.78, 5) is 0.515. The molecule has 7 heteroatoms. The van der Waals surface area contributed by atoms with Crippen LogP contribution in [0.5, 0.6) is 0 Å². The average molecular weight is 353 g/mol. The summed E-state index contributed by atoms with van der Waals surface area (Å²) in [5.41, 5.74) is 5.41. The number of halogens is 5. The maximum absolute atomic E-state index is 12.0. The Kier molecular flexibility index (Phi) is 4.02. The maximum Gasteiger partial charge on any atom is 0.390 e. The molecule has 0 spiro atoms. The van der Waals surface area contributed by atoms with Crippen molar-refractivity contribution in [1.82, 2.24) is 0 Å². The molecule has 0 aliphatic heterocycles. The van der Waals surface area contributed by atoms with Gasteiger partial charge in [0, 0.05) is 15.4 Å². The molecule has 0 aliphatic carbocycles. The van der Waals surface area contributed by atoms with Crippen LogP contribution in [0, 0.1) is 0 Å². The fraction of sp³-hybridized carbons (Fsp3) is 0.429. The van der Waals surface area contributed by atoms with Crippen LogP contribution in [0.2, 0.25) is 0 Å². The van der Waals surface area contributed by atoms with E-state index in [-0.39, 0.29) is 0 Å². The molecule has 1 atom stereocenters. The van der Waals surface area contributed by atoms with Gasteiger partial charge in [0.15, 0.2) is 0 Å². The van der Waals surface area contributed by atoms with Crippen LogP contribution in [-0.4, -0.2) is 6.18 Å². The molecule has 1 aromatic heterocycles. The van der Waals surface area contributed by atoms with E-state index < -0.39 is 18.6 Å². The highest BCUT2D eigenvalue weighted by Crippen LogP contribution is 2.37. The second-order valence-corrected chi connectivity index (χ2v) is 5.95. The van der Waals surface area contributed by atoms with Crippen LogP contribution in [0.3, 0.4) is 0 Å². The second kappa shape index (κ2) is 4.51. The predicted octanol–water partition coefficient (Wildman–Crippen LogP) is 4.23. The molecule has 0 aromatic carbocycles. The molecule has 2 N–H and O–H groups in total. The molecule has 80 valence electrons. The lowest BCUT2D eigenvalue weighted by Gasteiger charge is -2.11. The smallest absolute Gasteiger partial charge is 0.323 e. The minimum atomic E-state index is -4.22. The molecule has 0 aliphatic rings. The molecule has 1 nitrogen and oxygen atoms in total. The summed E-state index contributed by atoms with van der Waals surface area (Å²) in [6.45, 7) is 0. The van der Waals surface area contributed by atoms with Gasteiger partial charge >= 0.3 is 6.18 Å². The van der Waals surface area contributed by atoms with Crippen molar-refractivity contribution in [2.24, 2.45) is 5.73 Å². The van der Waals surface area contributed by atoms with Gasteiger partial charge in [-0.1, -0.05) is 0 Å².